The number of anilines is 1. The van der Waals surface area contributed by atoms with Gasteiger partial charge >= 0.3 is 12.0 Å². The quantitative estimate of drug-likeness (QED) is 0.584. The molecule has 2 aromatic carbocycles. The number of carbonyl (C=O) groups is 3. The molecule has 0 saturated carbocycles. The standard InChI is InChI=1S/C23H24BrN3O4/c1-4-27-14(3)19(22(29)31-5-2)20(26-23(27)30)15-9-8-10-16(13-15)25-21(28)17-11-6-7-12-18(17)24/h6-13,20H,4-5H2,1-3H3,(H,25,28)(H,26,30). The van der Waals surface area contributed by atoms with Crippen LogP contribution in [0.15, 0.2) is 64.3 Å². The number of hydrogen-bond donors (Lipinski definition) is 2. The van der Waals surface area contributed by atoms with E-state index >= 15 is 0 Å². The Morgan fingerprint density at radius 3 is 2.58 bits per heavy atom. The number of halogens is 1. The third-order valence-corrected chi connectivity index (χ3v) is 5.70. The molecule has 2 N–H and O–H groups in total. The number of urea groups is 1. The second kappa shape index (κ2) is 9.78. The number of hydrogen-bond acceptors (Lipinski definition) is 4. The Kier molecular flexibility index (Phi) is 7.12. The first-order valence-corrected chi connectivity index (χ1v) is 10.8. The molecule has 1 aliphatic rings. The third-order valence-electron chi connectivity index (χ3n) is 5.00. The molecule has 0 fully saturated rings. The Labute approximate surface area is 189 Å². The zero-order chi connectivity index (χ0) is 22.5. The number of rotatable bonds is 6. The molecule has 0 saturated heterocycles. The Morgan fingerprint density at radius 1 is 1.16 bits per heavy atom. The highest BCUT2D eigenvalue weighted by atomic mass is 79.9. The van der Waals surface area contributed by atoms with Crippen molar-refractivity contribution in [1.82, 2.24) is 10.2 Å². The van der Waals surface area contributed by atoms with Gasteiger partial charge in [0, 0.05) is 22.4 Å². The SMILES string of the molecule is CCOC(=O)C1=C(C)N(CC)C(=O)NC1c1cccc(NC(=O)c2ccccc2Br)c1. The van der Waals surface area contributed by atoms with Crippen LogP contribution in [-0.4, -0.2) is 36.0 Å². The van der Waals surface area contributed by atoms with Crippen molar-refractivity contribution in [2.75, 3.05) is 18.5 Å². The highest BCUT2D eigenvalue weighted by molar-refractivity contribution is 9.10. The first kappa shape index (κ1) is 22.6. The highest BCUT2D eigenvalue weighted by Gasteiger charge is 2.35. The van der Waals surface area contributed by atoms with Crippen LogP contribution in [0.2, 0.25) is 0 Å². The molecule has 3 amide bonds. The first-order chi connectivity index (χ1) is 14.9. The summed E-state index contributed by atoms with van der Waals surface area (Å²) in [5.74, 6) is -0.752. The van der Waals surface area contributed by atoms with E-state index in [0.717, 1.165) is 0 Å². The van der Waals surface area contributed by atoms with E-state index in [1.54, 1.807) is 56.3 Å². The van der Waals surface area contributed by atoms with Crippen molar-refractivity contribution in [3.63, 3.8) is 0 Å². The molecule has 1 atom stereocenters. The van der Waals surface area contributed by atoms with Gasteiger partial charge in [0.15, 0.2) is 0 Å². The average molecular weight is 486 g/mol. The lowest BCUT2D eigenvalue weighted by Crippen LogP contribution is -2.47. The van der Waals surface area contributed by atoms with Crippen molar-refractivity contribution in [1.29, 1.82) is 0 Å². The predicted octanol–water partition coefficient (Wildman–Crippen LogP) is 4.62. The Bertz CT molecular complexity index is 1050. The highest BCUT2D eigenvalue weighted by Crippen LogP contribution is 2.32. The van der Waals surface area contributed by atoms with E-state index < -0.39 is 12.0 Å². The molecule has 8 heteroatoms. The molecule has 2 aromatic rings. The molecular formula is C23H24BrN3O4. The molecule has 0 spiro atoms. The lowest BCUT2D eigenvalue weighted by Gasteiger charge is -2.34. The molecule has 1 unspecified atom stereocenters. The van der Waals surface area contributed by atoms with Crippen LogP contribution in [0.25, 0.3) is 0 Å². The van der Waals surface area contributed by atoms with Gasteiger partial charge in [-0.05, 0) is 66.5 Å². The molecular weight excluding hydrogens is 462 g/mol. The normalized spacial score (nSPS) is 16.1. The van der Waals surface area contributed by atoms with Gasteiger partial charge in [-0.1, -0.05) is 24.3 Å². The maximum Gasteiger partial charge on any atom is 0.338 e. The van der Waals surface area contributed by atoms with Crippen molar-refractivity contribution in [3.05, 3.63) is 75.4 Å². The van der Waals surface area contributed by atoms with Gasteiger partial charge in [-0.15, -0.1) is 0 Å². The maximum absolute atomic E-state index is 12.7. The molecule has 7 nitrogen and oxygen atoms in total. The molecule has 162 valence electrons. The summed E-state index contributed by atoms with van der Waals surface area (Å²) < 4.78 is 5.93. The summed E-state index contributed by atoms with van der Waals surface area (Å²) in [5, 5.41) is 5.75. The van der Waals surface area contributed by atoms with Crippen molar-refractivity contribution in [2.45, 2.75) is 26.8 Å². The molecule has 1 aliphatic heterocycles. The summed E-state index contributed by atoms with van der Waals surface area (Å²) in [4.78, 5) is 39.5. The van der Waals surface area contributed by atoms with Crippen molar-refractivity contribution in [2.24, 2.45) is 0 Å². The summed E-state index contributed by atoms with van der Waals surface area (Å²) in [6, 6.07) is 13.2. The second-order valence-corrected chi connectivity index (χ2v) is 7.76. The molecule has 31 heavy (non-hydrogen) atoms. The molecule has 0 aliphatic carbocycles. The van der Waals surface area contributed by atoms with Gasteiger partial charge in [0.1, 0.15) is 0 Å². The number of amides is 3. The minimum Gasteiger partial charge on any atom is -0.463 e. The van der Waals surface area contributed by atoms with E-state index in [2.05, 4.69) is 26.6 Å². The number of ether oxygens (including phenoxy) is 1. The van der Waals surface area contributed by atoms with Crippen LogP contribution in [0, 0.1) is 0 Å². The molecule has 0 aromatic heterocycles. The van der Waals surface area contributed by atoms with Gasteiger partial charge in [-0.2, -0.15) is 0 Å². The fourth-order valence-corrected chi connectivity index (χ4v) is 3.99. The third kappa shape index (κ3) is 4.80. The minimum atomic E-state index is -0.685. The van der Waals surface area contributed by atoms with E-state index in [1.165, 1.54) is 4.90 Å². The van der Waals surface area contributed by atoms with E-state index in [-0.39, 0.29) is 18.5 Å². The van der Waals surface area contributed by atoms with Crippen LogP contribution in [0.1, 0.15) is 42.7 Å². The first-order valence-electron chi connectivity index (χ1n) is 9.99. The van der Waals surface area contributed by atoms with Crippen molar-refractivity contribution in [3.8, 4) is 0 Å². The smallest absolute Gasteiger partial charge is 0.338 e. The Balaban J connectivity index is 1.95. The van der Waals surface area contributed by atoms with Crippen molar-refractivity contribution >= 4 is 39.5 Å². The fraction of sp³-hybridized carbons (Fsp3) is 0.261. The molecule has 3 rings (SSSR count). The van der Waals surface area contributed by atoms with Crippen LogP contribution >= 0.6 is 15.9 Å². The van der Waals surface area contributed by atoms with Crippen LogP contribution < -0.4 is 10.6 Å². The number of benzene rings is 2. The largest absolute Gasteiger partial charge is 0.463 e. The summed E-state index contributed by atoms with van der Waals surface area (Å²) >= 11 is 3.38. The average Bonchev–Trinajstić information content (AvgIpc) is 2.74. The van der Waals surface area contributed by atoms with E-state index in [1.807, 2.05) is 13.0 Å². The minimum absolute atomic E-state index is 0.227. The van der Waals surface area contributed by atoms with Gasteiger partial charge in [-0.25, -0.2) is 9.59 Å². The van der Waals surface area contributed by atoms with Gasteiger partial charge in [0.25, 0.3) is 5.91 Å². The Hall–Kier alpha value is -3.13. The zero-order valence-corrected chi connectivity index (χ0v) is 19.2. The van der Waals surface area contributed by atoms with Crippen LogP contribution in [0.5, 0.6) is 0 Å². The number of esters is 1. The fourth-order valence-electron chi connectivity index (χ4n) is 3.53. The zero-order valence-electron chi connectivity index (χ0n) is 17.6. The number of carbonyl (C=O) groups excluding carboxylic acids is 3. The molecule has 1 heterocycles. The van der Waals surface area contributed by atoms with Crippen LogP contribution in [0.3, 0.4) is 0 Å². The lowest BCUT2D eigenvalue weighted by molar-refractivity contribution is -0.139. The summed E-state index contributed by atoms with van der Waals surface area (Å²) in [6.07, 6.45) is 0. The molecule has 0 radical (unpaired) electrons. The summed E-state index contributed by atoms with van der Waals surface area (Å²) in [5.41, 5.74) is 2.64. The monoisotopic (exact) mass is 485 g/mol. The van der Waals surface area contributed by atoms with Crippen LogP contribution in [0.4, 0.5) is 10.5 Å². The second-order valence-electron chi connectivity index (χ2n) is 6.91. The van der Waals surface area contributed by atoms with E-state index in [0.29, 0.717) is 39.1 Å². The van der Waals surface area contributed by atoms with E-state index in [4.69, 9.17) is 4.74 Å². The van der Waals surface area contributed by atoms with Crippen molar-refractivity contribution < 1.29 is 19.1 Å². The predicted molar refractivity (Wildman–Crippen MR) is 122 cm³/mol. The number of nitrogens with one attached hydrogen (secondary N) is 2. The number of allylic oxidation sites excluding steroid dienone is 1. The molecule has 0 bridgehead atoms. The topological polar surface area (TPSA) is 87.7 Å². The number of nitrogens with zero attached hydrogens (tertiary/aromatic N) is 1. The lowest BCUT2D eigenvalue weighted by atomic mass is 9.94. The van der Waals surface area contributed by atoms with Crippen LogP contribution in [-0.2, 0) is 9.53 Å². The van der Waals surface area contributed by atoms with Gasteiger partial charge in [-0.3, -0.25) is 9.69 Å². The van der Waals surface area contributed by atoms with Gasteiger partial charge in [0.2, 0.25) is 0 Å². The van der Waals surface area contributed by atoms with Gasteiger partial charge < -0.3 is 15.4 Å². The summed E-state index contributed by atoms with van der Waals surface area (Å²) in [6.45, 7) is 5.96. The maximum atomic E-state index is 12.7. The van der Waals surface area contributed by atoms with E-state index in [9.17, 15) is 14.4 Å². The summed E-state index contributed by atoms with van der Waals surface area (Å²) in [7, 11) is 0. The van der Waals surface area contributed by atoms with Gasteiger partial charge in [0.05, 0.1) is 23.8 Å². The Morgan fingerprint density at radius 2 is 1.90 bits per heavy atom.